The van der Waals surface area contributed by atoms with Crippen LogP contribution in [-0.2, 0) is 9.59 Å². The average molecular weight is 230 g/mol. The molecular formula is C11H22N2O3. The van der Waals surface area contributed by atoms with Crippen LogP contribution in [-0.4, -0.2) is 35.6 Å². The molecule has 0 bridgehead atoms. The Morgan fingerprint density at radius 2 is 1.94 bits per heavy atom. The normalized spacial score (nSPS) is 13.2. The van der Waals surface area contributed by atoms with Gasteiger partial charge < -0.3 is 15.7 Å². The molecule has 0 aliphatic carbocycles. The quantitative estimate of drug-likeness (QED) is 0.598. The average Bonchev–Trinajstić information content (AvgIpc) is 2.12. The summed E-state index contributed by atoms with van der Waals surface area (Å²) in [5.74, 6) is -1.00. The third kappa shape index (κ3) is 5.70. The summed E-state index contributed by atoms with van der Waals surface area (Å²) in [5, 5.41) is 14.4. The van der Waals surface area contributed by atoms with E-state index in [-0.39, 0.29) is 18.2 Å². The number of carbonyl (C=O) groups is 2. The van der Waals surface area contributed by atoms with Gasteiger partial charge in [0, 0.05) is 13.0 Å². The third-order valence-corrected chi connectivity index (χ3v) is 2.32. The van der Waals surface area contributed by atoms with Crippen LogP contribution in [0.5, 0.6) is 0 Å². The summed E-state index contributed by atoms with van der Waals surface area (Å²) < 4.78 is 0. The minimum absolute atomic E-state index is 0.0566. The monoisotopic (exact) mass is 230 g/mol. The fourth-order valence-electron chi connectivity index (χ4n) is 1.38. The Labute approximate surface area is 96.6 Å². The standard InChI is InChI=1S/C11H22N2O3/c1-5-13-11(3,4)10(16)12-7-8(2)6-9(14)15/h8,13H,5-7H2,1-4H3,(H,12,16)(H,14,15). The molecule has 0 aromatic rings. The van der Waals surface area contributed by atoms with Gasteiger partial charge in [0.2, 0.25) is 5.91 Å². The molecule has 1 amide bonds. The Balaban J connectivity index is 4.01. The first-order valence-corrected chi connectivity index (χ1v) is 5.54. The van der Waals surface area contributed by atoms with Gasteiger partial charge in [-0.2, -0.15) is 0 Å². The van der Waals surface area contributed by atoms with Crippen LogP contribution in [0, 0.1) is 5.92 Å². The Kier molecular flexibility index (Phi) is 6.03. The Hall–Kier alpha value is -1.10. The summed E-state index contributed by atoms with van der Waals surface area (Å²) in [6, 6.07) is 0. The van der Waals surface area contributed by atoms with E-state index in [2.05, 4.69) is 10.6 Å². The van der Waals surface area contributed by atoms with E-state index in [9.17, 15) is 9.59 Å². The van der Waals surface area contributed by atoms with Crippen LogP contribution < -0.4 is 10.6 Å². The second kappa shape index (κ2) is 6.48. The van der Waals surface area contributed by atoms with Crippen LogP contribution in [0.1, 0.15) is 34.1 Å². The molecule has 1 atom stereocenters. The van der Waals surface area contributed by atoms with Gasteiger partial charge in [-0.1, -0.05) is 13.8 Å². The Morgan fingerprint density at radius 1 is 1.38 bits per heavy atom. The number of amides is 1. The Morgan fingerprint density at radius 3 is 2.38 bits per heavy atom. The van der Waals surface area contributed by atoms with Crippen LogP contribution in [0.15, 0.2) is 0 Å². The van der Waals surface area contributed by atoms with Gasteiger partial charge in [0.15, 0.2) is 0 Å². The van der Waals surface area contributed by atoms with Crippen molar-refractivity contribution in [1.29, 1.82) is 0 Å². The summed E-state index contributed by atoms with van der Waals surface area (Å²) in [6.45, 7) is 8.43. The molecule has 0 spiro atoms. The van der Waals surface area contributed by atoms with E-state index in [4.69, 9.17) is 5.11 Å². The highest BCUT2D eigenvalue weighted by Gasteiger charge is 2.26. The molecule has 0 aliphatic heterocycles. The maximum absolute atomic E-state index is 11.7. The highest BCUT2D eigenvalue weighted by Crippen LogP contribution is 2.04. The van der Waals surface area contributed by atoms with Crippen LogP contribution in [0.25, 0.3) is 0 Å². The lowest BCUT2D eigenvalue weighted by molar-refractivity contribution is -0.138. The van der Waals surface area contributed by atoms with E-state index >= 15 is 0 Å². The molecule has 0 radical (unpaired) electrons. The second-order valence-corrected chi connectivity index (χ2v) is 4.57. The SMILES string of the molecule is CCNC(C)(C)C(=O)NCC(C)CC(=O)O. The fraction of sp³-hybridized carbons (Fsp3) is 0.818. The van der Waals surface area contributed by atoms with Crippen LogP contribution >= 0.6 is 0 Å². The molecule has 0 rings (SSSR count). The summed E-state index contributed by atoms with van der Waals surface area (Å²) in [4.78, 5) is 22.2. The zero-order valence-corrected chi connectivity index (χ0v) is 10.5. The van der Waals surface area contributed by atoms with Crippen molar-refractivity contribution in [3.05, 3.63) is 0 Å². The Bertz CT molecular complexity index is 252. The molecular weight excluding hydrogens is 208 g/mol. The van der Waals surface area contributed by atoms with Gasteiger partial charge in [0.05, 0.1) is 5.54 Å². The van der Waals surface area contributed by atoms with Gasteiger partial charge in [-0.3, -0.25) is 9.59 Å². The van der Waals surface area contributed by atoms with Crippen molar-refractivity contribution in [1.82, 2.24) is 10.6 Å². The lowest BCUT2D eigenvalue weighted by atomic mass is 10.0. The topological polar surface area (TPSA) is 78.4 Å². The van der Waals surface area contributed by atoms with Gasteiger partial charge in [-0.15, -0.1) is 0 Å². The minimum Gasteiger partial charge on any atom is -0.481 e. The predicted octanol–water partition coefficient (Wildman–Crippen LogP) is 0.601. The number of rotatable bonds is 7. The molecule has 3 N–H and O–H groups in total. The number of hydrogen-bond acceptors (Lipinski definition) is 3. The van der Waals surface area contributed by atoms with Gasteiger partial charge in [-0.25, -0.2) is 0 Å². The van der Waals surface area contributed by atoms with E-state index in [1.807, 2.05) is 6.92 Å². The van der Waals surface area contributed by atoms with Gasteiger partial charge in [0.1, 0.15) is 0 Å². The van der Waals surface area contributed by atoms with Gasteiger partial charge in [-0.05, 0) is 26.3 Å². The maximum Gasteiger partial charge on any atom is 0.303 e. The first kappa shape index (κ1) is 14.9. The lowest BCUT2D eigenvalue weighted by Gasteiger charge is -2.25. The van der Waals surface area contributed by atoms with E-state index in [0.29, 0.717) is 13.1 Å². The molecule has 1 unspecified atom stereocenters. The molecule has 16 heavy (non-hydrogen) atoms. The number of carbonyl (C=O) groups excluding carboxylic acids is 1. The number of carboxylic acids is 1. The lowest BCUT2D eigenvalue weighted by Crippen LogP contribution is -2.53. The zero-order chi connectivity index (χ0) is 12.8. The second-order valence-electron chi connectivity index (χ2n) is 4.57. The third-order valence-electron chi connectivity index (χ3n) is 2.32. The molecule has 5 heteroatoms. The molecule has 0 saturated carbocycles. The molecule has 0 saturated heterocycles. The van der Waals surface area contributed by atoms with Crippen molar-refractivity contribution in [2.24, 2.45) is 5.92 Å². The van der Waals surface area contributed by atoms with Crippen LogP contribution in [0.4, 0.5) is 0 Å². The molecule has 0 aliphatic rings. The summed E-state index contributed by atoms with van der Waals surface area (Å²) in [5.41, 5.74) is -0.613. The highest BCUT2D eigenvalue weighted by atomic mass is 16.4. The number of hydrogen-bond donors (Lipinski definition) is 3. The van der Waals surface area contributed by atoms with Crippen LogP contribution in [0.3, 0.4) is 0 Å². The largest absolute Gasteiger partial charge is 0.481 e. The summed E-state index contributed by atoms with van der Waals surface area (Å²) in [7, 11) is 0. The van der Waals surface area contributed by atoms with Gasteiger partial charge in [0.25, 0.3) is 0 Å². The maximum atomic E-state index is 11.7. The molecule has 5 nitrogen and oxygen atoms in total. The summed E-state index contributed by atoms with van der Waals surface area (Å²) >= 11 is 0. The smallest absolute Gasteiger partial charge is 0.303 e. The zero-order valence-electron chi connectivity index (χ0n) is 10.5. The van der Waals surface area contributed by atoms with Crippen LogP contribution in [0.2, 0.25) is 0 Å². The van der Waals surface area contributed by atoms with E-state index in [1.54, 1.807) is 20.8 Å². The highest BCUT2D eigenvalue weighted by molar-refractivity contribution is 5.85. The van der Waals surface area contributed by atoms with Crippen molar-refractivity contribution >= 4 is 11.9 Å². The van der Waals surface area contributed by atoms with Crippen molar-refractivity contribution < 1.29 is 14.7 Å². The first-order chi connectivity index (χ1) is 7.29. The minimum atomic E-state index is -0.840. The molecule has 94 valence electrons. The van der Waals surface area contributed by atoms with Crippen molar-refractivity contribution in [2.45, 2.75) is 39.7 Å². The van der Waals surface area contributed by atoms with E-state index in [1.165, 1.54) is 0 Å². The molecule has 0 aromatic carbocycles. The van der Waals surface area contributed by atoms with Crippen molar-refractivity contribution in [3.63, 3.8) is 0 Å². The molecule has 0 fully saturated rings. The predicted molar refractivity (Wildman–Crippen MR) is 62.2 cm³/mol. The first-order valence-electron chi connectivity index (χ1n) is 5.54. The number of likely N-dealkylation sites (N-methyl/N-ethyl adjacent to an activating group) is 1. The number of carboxylic acid groups (broad SMARTS) is 1. The molecule has 0 aromatic heterocycles. The fourth-order valence-corrected chi connectivity index (χ4v) is 1.38. The van der Waals surface area contributed by atoms with E-state index in [0.717, 1.165) is 0 Å². The number of nitrogens with one attached hydrogen (secondary N) is 2. The van der Waals surface area contributed by atoms with Crippen molar-refractivity contribution in [3.8, 4) is 0 Å². The van der Waals surface area contributed by atoms with Gasteiger partial charge >= 0.3 is 5.97 Å². The van der Waals surface area contributed by atoms with E-state index < -0.39 is 11.5 Å². The molecule has 0 heterocycles. The van der Waals surface area contributed by atoms with Crippen molar-refractivity contribution in [2.75, 3.05) is 13.1 Å². The number of aliphatic carboxylic acids is 1. The summed E-state index contributed by atoms with van der Waals surface area (Å²) in [6.07, 6.45) is 0.0713.